The number of aliphatic carboxylic acids is 2. The number of hydrogen-bond donors (Lipinski definition) is 2. The van der Waals surface area contributed by atoms with Crippen LogP contribution in [0.5, 0.6) is 0 Å². The minimum Gasteiger partial charge on any atom is -0.478 e. The molecule has 0 aliphatic carbocycles. The summed E-state index contributed by atoms with van der Waals surface area (Å²) in [5.74, 6) is -1.93. The SMILES string of the molecule is O=C(O)C=Cc1ccc(SSc2ccc(C=CC(=O)O)cc2)cc1. The van der Waals surface area contributed by atoms with Gasteiger partial charge in [0.1, 0.15) is 0 Å². The quantitative estimate of drug-likeness (QED) is 0.553. The molecule has 2 rings (SSSR count). The van der Waals surface area contributed by atoms with Gasteiger partial charge in [-0.1, -0.05) is 45.9 Å². The Morgan fingerprint density at radius 1 is 0.667 bits per heavy atom. The van der Waals surface area contributed by atoms with Gasteiger partial charge >= 0.3 is 11.9 Å². The van der Waals surface area contributed by atoms with Crippen molar-refractivity contribution in [1.29, 1.82) is 0 Å². The van der Waals surface area contributed by atoms with E-state index >= 15 is 0 Å². The van der Waals surface area contributed by atoms with Gasteiger partial charge in [0.15, 0.2) is 0 Å². The van der Waals surface area contributed by atoms with Crippen molar-refractivity contribution in [3.63, 3.8) is 0 Å². The van der Waals surface area contributed by atoms with Crippen molar-refractivity contribution in [3.8, 4) is 0 Å². The van der Waals surface area contributed by atoms with Crippen molar-refractivity contribution in [2.45, 2.75) is 9.79 Å². The first-order valence-electron chi connectivity index (χ1n) is 6.89. The van der Waals surface area contributed by atoms with Gasteiger partial charge in [0.05, 0.1) is 0 Å². The van der Waals surface area contributed by atoms with Gasteiger partial charge in [-0.3, -0.25) is 0 Å². The highest BCUT2D eigenvalue weighted by molar-refractivity contribution is 8.76. The lowest BCUT2D eigenvalue weighted by molar-refractivity contribution is -0.132. The standard InChI is InChI=1S/C18H14O4S2/c19-17(20)11-5-13-1-7-15(8-2-13)23-24-16-9-3-14(4-10-16)6-12-18(21)22/h1-12H,(H,19,20)(H,21,22). The van der Waals surface area contributed by atoms with E-state index in [1.54, 1.807) is 33.7 Å². The zero-order valence-electron chi connectivity index (χ0n) is 12.5. The Kier molecular flexibility index (Phi) is 6.72. The molecule has 0 atom stereocenters. The molecule has 2 aromatic carbocycles. The van der Waals surface area contributed by atoms with Crippen molar-refractivity contribution < 1.29 is 19.8 Å². The Morgan fingerprint density at radius 2 is 1.00 bits per heavy atom. The molecule has 4 nitrogen and oxygen atoms in total. The minimum atomic E-state index is -0.967. The van der Waals surface area contributed by atoms with E-state index in [1.807, 2.05) is 48.5 Å². The predicted molar refractivity (Wildman–Crippen MR) is 97.9 cm³/mol. The zero-order valence-corrected chi connectivity index (χ0v) is 14.1. The second kappa shape index (κ2) is 9.00. The number of carboxylic acids is 2. The number of benzene rings is 2. The monoisotopic (exact) mass is 358 g/mol. The van der Waals surface area contributed by atoms with Crippen molar-refractivity contribution in [2.75, 3.05) is 0 Å². The maximum atomic E-state index is 10.5. The molecule has 0 fully saturated rings. The van der Waals surface area contributed by atoms with E-state index in [1.165, 1.54) is 0 Å². The fourth-order valence-electron chi connectivity index (χ4n) is 1.70. The first kappa shape index (κ1) is 17.9. The highest BCUT2D eigenvalue weighted by atomic mass is 33.1. The zero-order chi connectivity index (χ0) is 17.4. The van der Waals surface area contributed by atoms with E-state index in [-0.39, 0.29) is 0 Å². The molecule has 0 aliphatic rings. The first-order chi connectivity index (χ1) is 11.5. The van der Waals surface area contributed by atoms with Crippen LogP contribution in [-0.2, 0) is 9.59 Å². The van der Waals surface area contributed by atoms with Crippen LogP contribution < -0.4 is 0 Å². The van der Waals surface area contributed by atoms with Crippen LogP contribution in [0.25, 0.3) is 12.2 Å². The fraction of sp³-hybridized carbons (Fsp3) is 0. The van der Waals surface area contributed by atoms with Crippen molar-refractivity contribution in [3.05, 3.63) is 71.8 Å². The lowest BCUT2D eigenvalue weighted by Crippen LogP contribution is -1.85. The number of hydrogen-bond acceptors (Lipinski definition) is 4. The molecule has 2 N–H and O–H groups in total. The van der Waals surface area contributed by atoms with Crippen molar-refractivity contribution in [1.82, 2.24) is 0 Å². The molecule has 0 spiro atoms. The molecule has 2 aromatic rings. The maximum absolute atomic E-state index is 10.5. The Labute approximate surface area is 147 Å². The van der Waals surface area contributed by atoms with Crippen LogP contribution >= 0.6 is 21.6 Å². The number of carboxylic acid groups (broad SMARTS) is 2. The molecule has 0 amide bonds. The smallest absolute Gasteiger partial charge is 0.328 e. The van der Waals surface area contributed by atoms with Crippen LogP contribution in [0.1, 0.15) is 11.1 Å². The highest BCUT2D eigenvalue weighted by Gasteiger charge is 1.99. The van der Waals surface area contributed by atoms with E-state index in [0.29, 0.717) is 0 Å². The molecule has 0 saturated carbocycles. The molecule has 0 unspecified atom stereocenters. The van der Waals surface area contributed by atoms with Gasteiger partial charge in [0.2, 0.25) is 0 Å². The van der Waals surface area contributed by atoms with Gasteiger partial charge in [-0.05, 0) is 47.5 Å². The van der Waals surface area contributed by atoms with E-state index in [4.69, 9.17) is 10.2 Å². The van der Waals surface area contributed by atoms with Gasteiger partial charge in [-0.15, -0.1) is 0 Å². The lowest BCUT2D eigenvalue weighted by Gasteiger charge is -2.02. The third kappa shape index (κ3) is 6.36. The van der Waals surface area contributed by atoms with Crippen LogP contribution in [0.2, 0.25) is 0 Å². The van der Waals surface area contributed by atoms with E-state index in [9.17, 15) is 9.59 Å². The minimum absolute atomic E-state index is 0.835. The summed E-state index contributed by atoms with van der Waals surface area (Å²) in [6, 6.07) is 15.2. The Morgan fingerprint density at radius 3 is 1.29 bits per heavy atom. The summed E-state index contributed by atoms with van der Waals surface area (Å²) in [5, 5.41) is 17.2. The summed E-state index contributed by atoms with van der Waals surface area (Å²) in [4.78, 5) is 23.1. The molecule has 0 aromatic heterocycles. The second-order valence-corrected chi connectivity index (χ2v) is 6.92. The third-order valence-electron chi connectivity index (χ3n) is 2.83. The molecular formula is C18H14O4S2. The van der Waals surface area contributed by atoms with E-state index in [2.05, 4.69) is 0 Å². The van der Waals surface area contributed by atoms with E-state index < -0.39 is 11.9 Å². The van der Waals surface area contributed by atoms with Crippen LogP contribution in [-0.4, -0.2) is 22.2 Å². The molecule has 122 valence electrons. The molecule has 0 radical (unpaired) electrons. The molecule has 0 aliphatic heterocycles. The fourth-order valence-corrected chi connectivity index (χ4v) is 3.63. The molecular weight excluding hydrogens is 344 g/mol. The van der Waals surface area contributed by atoms with Crippen LogP contribution in [0.3, 0.4) is 0 Å². The Balaban J connectivity index is 1.91. The van der Waals surface area contributed by atoms with Gasteiger partial charge in [0.25, 0.3) is 0 Å². The normalized spacial score (nSPS) is 11.2. The van der Waals surface area contributed by atoms with Gasteiger partial charge < -0.3 is 10.2 Å². The summed E-state index contributed by atoms with van der Waals surface area (Å²) in [5.41, 5.74) is 1.67. The molecule has 0 saturated heterocycles. The molecule has 0 heterocycles. The van der Waals surface area contributed by atoms with Gasteiger partial charge in [0, 0.05) is 21.9 Å². The summed E-state index contributed by atoms with van der Waals surface area (Å²) in [6.45, 7) is 0. The molecule has 0 bridgehead atoms. The Bertz CT molecular complexity index is 695. The Hall–Kier alpha value is -2.44. The van der Waals surface area contributed by atoms with Crippen LogP contribution in [0.4, 0.5) is 0 Å². The first-order valence-corrected chi connectivity index (χ1v) is 9.04. The average molecular weight is 358 g/mol. The average Bonchev–Trinajstić information content (AvgIpc) is 2.58. The van der Waals surface area contributed by atoms with Crippen LogP contribution in [0, 0.1) is 0 Å². The topological polar surface area (TPSA) is 74.6 Å². The maximum Gasteiger partial charge on any atom is 0.328 e. The van der Waals surface area contributed by atoms with Crippen molar-refractivity contribution >= 4 is 45.7 Å². The van der Waals surface area contributed by atoms with E-state index in [0.717, 1.165) is 33.1 Å². The molecule has 6 heteroatoms. The van der Waals surface area contributed by atoms with Gasteiger partial charge in [-0.2, -0.15) is 0 Å². The predicted octanol–water partition coefficient (Wildman–Crippen LogP) is 4.68. The summed E-state index contributed by atoms with van der Waals surface area (Å²) < 4.78 is 0. The number of carbonyl (C=O) groups is 2. The number of rotatable bonds is 7. The largest absolute Gasteiger partial charge is 0.478 e. The van der Waals surface area contributed by atoms with Crippen LogP contribution in [0.15, 0.2) is 70.5 Å². The second-order valence-electron chi connectivity index (χ2n) is 4.65. The highest BCUT2D eigenvalue weighted by Crippen LogP contribution is 2.37. The molecule has 24 heavy (non-hydrogen) atoms. The summed E-state index contributed by atoms with van der Waals surface area (Å²) in [7, 11) is 3.19. The summed E-state index contributed by atoms with van der Waals surface area (Å²) in [6.07, 6.45) is 5.31. The van der Waals surface area contributed by atoms with Crippen molar-refractivity contribution in [2.24, 2.45) is 0 Å². The summed E-state index contributed by atoms with van der Waals surface area (Å²) >= 11 is 0. The lowest BCUT2D eigenvalue weighted by atomic mass is 10.2. The third-order valence-corrected chi connectivity index (χ3v) is 5.25. The van der Waals surface area contributed by atoms with Gasteiger partial charge in [-0.25, -0.2) is 9.59 Å².